The second-order valence-corrected chi connectivity index (χ2v) is 9.45. The molecule has 0 spiro atoms. The van der Waals surface area contributed by atoms with E-state index >= 15 is 0 Å². The summed E-state index contributed by atoms with van der Waals surface area (Å²) >= 11 is 0. The lowest BCUT2D eigenvalue weighted by Gasteiger charge is -2.49. The first-order valence-corrected chi connectivity index (χ1v) is 10.7. The van der Waals surface area contributed by atoms with E-state index in [1.165, 1.54) is 0 Å². The molecule has 0 unspecified atom stereocenters. The number of carbonyl (C=O) groups is 1. The molecule has 1 aromatic carbocycles. The first kappa shape index (κ1) is 23.8. The molecule has 5 nitrogen and oxygen atoms in total. The molecule has 1 saturated heterocycles. The molecule has 1 aromatic rings. The smallest absolute Gasteiger partial charge is 0.305 e. The van der Waals surface area contributed by atoms with E-state index in [4.69, 9.17) is 14.2 Å². The monoisotopic (exact) mass is 406 g/mol. The number of ether oxygens (including phenoxy) is 3. The van der Waals surface area contributed by atoms with Gasteiger partial charge in [0, 0.05) is 23.9 Å². The maximum absolute atomic E-state index is 12.0. The normalized spacial score (nSPS) is 23.9. The van der Waals surface area contributed by atoms with Gasteiger partial charge in [-0.25, -0.2) is 0 Å². The lowest BCUT2D eigenvalue weighted by Crippen LogP contribution is -2.57. The van der Waals surface area contributed by atoms with Crippen molar-refractivity contribution in [3.8, 4) is 0 Å². The Morgan fingerprint density at radius 2 is 2.03 bits per heavy atom. The van der Waals surface area contributed by atoms with Gasteiger partial charge in [0.05, 0.1) is 19.8 Å². The fourth-order valence-corrected chi connectivity index (χ4v) is 4.46. The Bertz CT molecular complexity index is 682. The number of rotatable bonds is 10. The standard InChI is InChI=1S/C24H38O5/c1-7-28-20(25)13-8-9-14-27-16-22(3,4)24(26)21(29-17-23(24,5)6)19-12-10-11-18(2)15-19/h10-12,15,21,26H,7-9,13-14,16-17H2,1-6H3/t21-,24-/m0/s1. The van der Waals surface area contributed by atoms with Crippen LogP contribution in [0, 0.1) is 17.8 Å². The minimum absolute atomic E-state index is 0.159. The maximum Gasteiger partial charge on any atom is 0.305 e. The fraction of sp³-hybridized carbons (Fsp3) is 0.708. The van der Waals surface area contributed by atoms with Crippen LogP contribution in [0.15, 0.2) is 24.3 Å². The summed E-state index contributed by atoms with van der Waals surface area (Å²) in [5.41, 5.74) is 0.119. The molecule has 0 saturated carbocycles. The summed E-state index contributed by atoms with van der Waals surface area (Å²) in [6.45, 7) is 13.9. The molecule has 5 heteroatoms. The van der Waals surface area contributed by atoms with Crippen molar-refractivity contribution in [1.29, 1.82) is 0 Å². The summed E-state index contributed by atoms with van der Waals surface area (Å²) < 4.78 is 17.0. The van der Waals surface area contributed by atoms with Crippen molar-refractivity contribution >= 4 is 5.97 Å². The van der Waals surface area contributed by atoms with Crippen LogP contribution in [-0.2, 0) is 19.0 Å². The van der Waals surface area contributed by atoms with Crippen molar-refractivity contribution < 1.29 is 24.1 Å². The number of aryl methyl sites for hydroxylation is 1. The van der Waals surface area contributed by atoms with E-state index in [9.17, 15) is 9.90 Å². The van der Waals surface area contributed by atoms with Crippen LogP contribution in [0.2, 0.25) is 0 Å². The number of unbranched alkanes of at least 4 members (excludes halogenated alkanes) is 1. The molecular formula is C24H38O5. The summed E-state index contributed by atoms with van der Waals surface area (Å²) in [5.74, 6) is -0.159. The highest BCUT2D eigenvalue weighted by atomic mass is 16.5. The second-order valence-electron chi connectivity index (χ2n) is 9.45. The average molecular weight is 407 g/mol. The largest absolute Gasteiger partial charge is 0.466 e. The summed E-state index contributed by atoms with van der Waals surface area (Å²) in [6, 6.07) is 8.17. The van der Waals surface area contributed by atoms with E-state index in [2.05, 4.69) is 19.9 Å². The molecular weight excluding hydrogens is 368 g/mol. The number of aliphatic hydroxyl groups is 1. The molecule has 2 atom stereocenters. The van der Waals surface area contributed by atoms with Crippen LogP contribution in [0.1, 0.15) is 71.1 Å². The quantitative estimate of drug-likeness (QED) is 0.454. The van der Waals surface area contributed by atoms with Gasteiger partial charge < -0.3 is 19.3 Å². The van der Waals surface area contributed by atoms with Crippen LogP contribution in [0.25, 0.3) is 0 Å². The third kappa shape index (κ3) is 5.19. The Kier molecular flexibility index (Phi) is 7.88. The van der Waals surface area contributed by atoms with E-state index in [-0.39, 0.29) is 5.97 Å². The number of esters is 1. The number of carbonyl (C=O) groups excluding carboxylic acids is 1. The third-order valence-electron chi connectivity index (χ3n) is 6.09. The Morgan fingerprint density at radius 3 is 2.69 bits per heavy atom. The number of hydrogen-bond donors (Lipinski definition) is 1. The first-order chi connectivity index (χ1) is 13.5. The van der Waals surface area contributed by atoms with Gasteiger partial charge >= 0.3 is 5.97 Å². The van der Waals surface area contributed by atoms with E-state index in [1.807, 2.05) is 45.9 Å². The zero-order valence-corrected chi connectivity index (χ0v) is 18.9. The lowest BCUT2D eigenvalue weighted by atomic mass is 9.59. The molecule has 1 N–H and O–H groups in total. The minimum atomic E-state index is -1.08. The molecule has 1 heterocycles. The van der Waals surface area contributed by atoms with Gasteiger partial charge in [0.1, 0.15) is 11.7 Å². The molecule has 0 bridgehead atoms. The van der Waals surface area contributed by atoms with Crippen LogP contribution in [0.3, 0.4) is 0 Å². The SMILES string of the molecule is CCOC(=O)CCCCOCC(C)(C)[C@@]1(O)[C@H](c2cccc(C)c2)OCC1(C)C. The van der Waals surface area contributed by atoms with Crippen molar-refractivity contribution in [2.45, 2.75) is 72.5 Å². The van der Waals surface area contributed by atoms with Crippen molar-refractivity contribution in [3.63, 3.8) is 0 Å². The molecule has 0 radical (unpaired) electrons. The Balaban J connectivity index is 2.02. The molecule has 1 fully saturated rings. The Hall–Kier alpha value is -1.43. The minimum Gasteiger partial charge on any atom is -0.466 e. The molecule has 1 aliphatic heterocycles. The highest BCUT2D eigenvalue weighted by molar-refractivity contribution is 5.69. The van der Waals surface area contributed by atoms with Crippen LogP contribution in [-0.4, -0.2) is 43.1 Å². The second kappa shape index (κ2) is 9.59. The predicted octanol–water partition coefficient (Wildman–Crippen LogP) is 4.60. The van der Waals surface area contributed by atoms with Gasteiger partial charge in [-0.1, -0.05) is 57.5 Å². The highest BCUT2D eigenvalue weighted by Crippen LogP contribution is 2.57. The Labute approximate surface area is 175 Å². The number of hydrogen-bond acceptors (Lipinski definition) is 5. The highest BCUT2D eigenvalue weighted by Gasteiger charge is 2.63. The van der Waals surface area contributed by atoms with Crippen LogP contribution >= 0.6 is 0 Å². The zero-order valence-electron chi connectivity index (χ0n) is 18.9. The van der Waals surface area contributed by atoms with Gasteiger partial charge in [-0.05, 0) is 32.3 Å². The number of benzene rings is 1. The molecule has 2 rings (SSSR count). The van der Waals surface area contributed by atoms with Gasteiger partial charge in [0.2, 0.25) is 0 Å². The van der Waals surface area contributed by atoms with Crippen molar-refractivity contribution in [1.82, 2.24) is 0 Å². The topological polar surface area (TPSA) is 65.0 Å². The molecule has 29 heavy (non-hydrogen) atoms. The summed E-state index contributed by atoms with van der Waals surface area (Å²) in [5, 5.41) is 12.0. The molecule has 0 aromatic heterocycles. The van der Waals surface area contributed by atoms with Crippen molar-refractivity contribution in [2.75, 3.05) is 26.4 Å². The van der Waals surface area contributed by atoms with E-state index in [0.29, 0.717) is 32.8 Å². The van der Waals surface area contributed by atoms with E-state index in [1.54, 1.807) is 0 Å². The predicted molar refractivity (Wildman–Crippen MR) is 114 cm³/mol. The molecule has 164 valence electrons. The lowest BCUT2D eigenvalue weighted by molar-refractivity contribution is -0.177. The van der Waals surface area contributed by atoms with Crippen molar-refractivity contribution in [3.05, 3.63) is 35.4 Å². The molecule has 0 amide bonds. The maximum atomic E-state index is 12.0. The average Bonchev–Trinajstić information content (AvgIpc) is 2.89. The molecule has 0 aliphatic carbocycles. The molecule has 1 aliphatic rings. The van der Waals surface area contributed by atoms with Gasteiger partial charge in [-0.15, -0.1) is 0 Å². The van der Waals surface area contributed by atoms with Crippen LogP contribution < -0.4 is 0 Å². The fourth-order valence-electron chi connectivity index (χ4n) is 4.46. The van der Waals surface area contributed by atoms with Gasteiger partial charge in [0.15, 0.2) is 0 Å². The first-order valence-electron chi connectivity index (χ1n) is 10.7. The van der Waals surface area contributed by atoms with Gasteiger partial charge in [-0.2, -0.15) is 0 Å². The third-order valence-corrected chi connectivity index (χ3v) is 6.09. The van der Waals surface area contributed by atoms with Gasteiger partial charge in [-0.3, -0.25) is 4.79 Å². The van der Waals surface area contributed by atoms with Gasteiger partial charge in [0.25, 0.3) is 0 Å². The van der Waals surface area contributed by atoms with Crippen LogP contribution in [0.5, 0.6) is 0 Å². The summed E-state index contributed by atoms with van der Waals surface area (Å²) in [7, 11) is 0. The zero-order chi connectivity index (χ0) is 21.7. The summed E-state index contributed by atoms with van der Waals surface area (Å²) in [4.78, 5) is 11.4. The Morgan fingerprint density at radius 1 is 1.31 bits per heavy atom. The van der Waals surface area contributed by atoms with E-state index in [0.717, 1.165) is 24.0 Å². The summed E-state index contributed by atoms with van der Waals surface area (Å²) in [6.07, 6.45) is 1.54. The van der Waals surface area contributed by atoms with E-state index < -0.39 is 22.5 Å². The van der Waals surface area contributed by atoms with Crippen LogP contribution in [0.4, 0.5) is 0 Å². The van der Waals surface area contributed by atoms with Crippen molar-refractivity contribution in [2.24, 2.45) is 10.8 Å².